The molecule has 0 aliphatic heterocycles. The second-order valence-corrected chi connectivity index (χ2v) is 5.65. The Bertz CT molecular complexity index is 624. The Morgan fingerprint density at radius 2 is 2.00 bits per heavy atom. The highest BCUT2D eigenvalue weighted by Crippen LogP contribution is 2.36. The number of alkyl halides is 3. The van der Waals surface area contributed by atoms with Crippen LogP contribution in [0.2, 0.25) is 0 Å². The van der Waals surface area contributed by atoms with Gasteiger partial charge in [-0.1, -0.05) is 23.5 Å². The number of halogens is 3. The third-order valence-electron chi connectivity index (χ3n) is 2.13. The van der Waals surface area contributed by atoms with Crippen molar-refractivity contribution in [3.05, 3.63) is 41.4 Å². The van der Waals surface area contributed by atoms with E-state index >= 15 is 0 Å². The average molecular weight is 331 g/mol. The lowest BCUT2D eigenvalue weighted by atomic mass is 10.2. The molecule has 4 nitrogen and oxygen atoms in total. The van der Waals surface area contributed by atoms with Crippen LogP contribution in [0.4, 0.5) is 18.3 Å². The van der Waals surface area contributed by atoms with Gasteiger partial charge in [0.05, 0.1) is 0 Å². The first-order valence-electron chi connectivity index (χ1n) is 5.53. The fourth-order valence-corrected chi connectivity index (χ4v) is 2.31. The topological polar surface area (TPSA) is 54.9 Å². The van der Waals surface area contributed by atoms with E-state index in [2.05, 4.69) is 15.5 Å². The Hall–Kier alpha value is -1.87. The molecule has 1 aromatic heterocycles. The molecule has 0 radical (unpaired) electrons. The van der Waals surface area contributed by atoms with Crippen molar-refractivity contribution in [1.29, 1.82) is 0 Å². The Morgan fingerprint density at radius 3 is 2.57 bits per heavy atom. The van der Waals surface area contributed by atoms with Crippen LogP contribution in [0.5, 0.6) is 0 Å². The number of rotatable bonds is 4. The molecule has 0 saturated carbocycles. The van der Waals surface area contributed by atoms with E-state index in [-0.39, 0.29) is 22.6 Å². The van der Waals surface area contributed by atoms with Gasteiger partial charge in [-0.05, 0) is 35.5 Å². The van der Waals surface area contributed by atoms with Crippen molar-refractivity contribution >= 4 is 40.2 Å². The minimum atomic E-state index is -4.31. The number of anilines is 1. The number of amides is 1. The Labute approximate surface area is 126 Å². The highest BCUT2D eigenvalue weighted by atomic mass is 32.2. The van der Waals surface area contributed by atoms with Gasteiger partial charge < -0.3 is 0 Å². The standard InChI is InChI=1S/C12H8F3N3OS2/c13-12(14,15)21-9-4-1-8(2-5-9)3-6-10(19)17-11-18-16-7-20-11/h1-7H,(H,17,18,19). The molecule has 0 aliphatic carbocycles. The first-order valence-corrected chi connectivity index (χ1v) is 7.23. The molecule has 2 rings (SSSR count). The number of aromatic nitrogens is 2. The van der Waals surface area contributed by atoms with Gasteiger partial charge in [-0.2, -0.15) is 13.2 Å². The molecule has 0 spiro atoms. The van der Waals surface area contributed by atoms with Crippen molar-refractivity contribution in [2.24, 2.45) is 0 Å². The molecule has 1 heterocycles. The van der Waals surface area contributed by atoms with Gasteiger partial charge in [-0.3, -0.25) is 10.1 Å². The van der Waals surface area contributed by atoms with Crippen LogP contribution in [0.1, 0.15) is 5.56 Å². The van der Waals surface area contributed by atoms with Crippen molar-refractivity contribution in [2.45, 2.75) is 10.4 Å². The summed E-state index contributed by atoms with van der Waals surface area (Å²) in [5.41, 5.74) is -2.20. The molecule has 2 aromatic rings. The molecule has 0 saturated heterocycles. The van der Waals surface area contributed by atoms with Crippen molar-refractivity contribution < 1.29 is 18.0 Å². The lowest BCUT2D eigenvalue weighted by Crippen LogP contribution is -2.07. The minimum absolute atomic E-state index is 0.0953. The highest BCUT2D eigenvalue weighted by Gasteiger charge is 2.28. The zero-order chi connectivity index (χ0) is 15.3. The minimum Gasteiger partial charge on any atom is -0.297 e. The molecule has 21 heavy (non-hydrogen) atoms. The Balaban J connectivity index is 1.93. The quantitative estimate of drug-likeness (QED) is 0.684. The number of benzene rings is 1. The molecule has 0 aliphatic rings. The maximum Gasteiger partial charge on any atom is 0.446 e. The van der Waals surface area contributed by atoms with E-state index in [1.807, 2.05) is 0 Å². The van der Waals surface area contributed by atoms with Crippen LogP contribution >= 0.6 is 23.1 Å². The van der Waals surface area contributed by atoms with Gasteiger partial charge in [0.2, 0.25) is 11.0 Å². The fraction of sp³-hybridized carbons (Fsp3) is 0.0833. The molecule has 110 valence electrons. The third kappa shape index (κ3) is 5.56. The molecule has 1 aromatic carbocycles. The van der Waals surface area contributed by atoms with Gasteiger partial charge in [-0.15, -0.1) is 10.2 Å². The zero-order valence-electron chi connectivity index (χ0n) is 10.3. The molecule has 0 unspecified atom stereocenters. The number of nitrogens with zero attached hydrogens (tertiary/aromatic N) is 2. The number of nitrogens with one attached hydrogen (secondary N) is 1. The van der Waals surface area contributed by atoms with Gasteiger partial charge in [0.1, 0.15) is 5.51 Å². The lowest BCUT2D eigenvalue weighted by Gasteiger charge is -2.05. The fourth-order valence-electron chi connectivity index (χ4n) is 1.33. The van der Waals surface area contributed by atoms with Gasteiger partial charge in [0.15, 0.2) is 0 Å². The summed E-state index contributed by atoms with van der Waals surface area (Å²) in [6.45, 7) is 0. The average Bonchev–Trinajstić information content (AvgIpc) is 2.89. The molecule has 1 N–H and O–H groups in total. The SMILES string of the molecule is O=C(C=Cc1ccc(SC(F)(F)F)cc1)Nc1nncs1. The smallest absolute Gasteiger partial charge is 0.297 e. The third-order valence-corrected chi connectivity index (χ3v) is 3.48. The van der Waals surface area contributed by atoms with Crippen LogP contribution < -0.4 is 5.32 Å². The molecule has 9 heteroatoms. The maximum atomic E-state index is 12.2. The van der Waals surface area contributed by atoms with E-state index in [1.165, 1.54) is 53.3 Å². The van der Waals surface area contributed by atoms with Crippen molar-refractivity contribution in [1.82, 2.24) is 10.2 Å². The van der Waals surface area contributed by atoms with Gasteiger partial charge in [-0.25, -0.2) is 0 Å². The first kappa shape index (κ1) is 15.5. The van der Waals surface area contributed by atoms with Gasteiger partial charge >= 0.3 is 5.51 Å². The summed E-state index contributed by atoms with van der Waals surface area (Å²) in [5, 5.41) is 10.1. The Morgan fingerprint density at radius 1 is 1.29 bits per heavy atom. The van der Waals surface area contributed by atoms with Crippen LogP contribution in [0, 0.1) is 0 Å². The summed E-state index contributed by atoms with van der Waals surface area (Å²) in [4.78, 5) is 11.6. The summed E-state index contributed by atoms with van der Waals surface area (Å²) in [7, 11) is 0. The van der Waals surface area contributed by atoms with E-state index in [1.54, 1.807) is 0 Å². The monoisotopic (exact) mass is 331 g/mol. The number of hydrogen-bond donors (Lipinski definition) is 1. The lowest BCUT2D eigenvalue weighted by molar-refractivity contribution is -0.111. The number of hydrogen-bond acceptors (Lipinski definition) is 5. The van der Waals surface area contributed by atoms with Crippen molar-refractivity contribution in [2.75, 3.05) is 5.32 Å². The zero-order valence-corrected chi connectivity index (χ0v) is 11.9. The molecular formula is C12H8F3N3OS2. The van der Waals surface area contributed by atoms with Gasteiger partial charge in [0, 0.05) is 11.0 Å². The summed E-state index contributed by atoms with van der Waals surface area (Å²) < 4.78 is 36.5. The maximum absolute atomic E-state index is 12.2. The van der Waals surface area contributed by atoms with Crippen LogP contribution in [0.25, 0.3) is 6.08 Å². The molecule has 0 bridgehead atoms. The number of carbonyl (C=O) groups excluding carboxylic acids is 1. The van der Waals surface area contributed by atoms with E-state index in [4.69, 9.17) is 0 Å². The second-order valence-electron chi connectivity index (χ2n) is 3.68. The first-order chi connectivity index (χ1) is 9.92. The summed E-state index contributed by atoms with van der Waals surface area (Å²) in [6, 6.07) is 5.70. The predicted molar refractivity (Wildman–Crippen MR) is 75.9 cm³/mol. The molecule has 0 fully saturated rings. The summed E-state index contributed by atoms with van der Waals surface area (Å²) >= 11 is 1.00. The van der Waals surface area contributed by atoms with E-state index < -0.39 is 5.51 Å². The van der Waals surface area contributed by atoms with Gasteiger partial charge in [0.25, 0.3) is 0 Å². The van der Waals surface area contributed by atoms with E-state index in [0.717, 1.165) is 0 Å². The van der Waals surface area contributed by atoms with Crippen LogP contribution in [0.3, 0.4) is 0 Å². The molecule has 1 amide bonds. The number of carbonyl (C=O) groups is 1. The molecular weight excluding hydrogens is 323 g/mol. The predicted octanol–water partition coefficient (Wildman–Crippen LogP) is 3.80. The Kier molecular flexibility index (Phi) is 4.97. The van der Waals surface area contributed by atoms with Crippen LogP contribution in [0.15, 0.2) is 40.7 Å². The largest absolute Gasteiger partial charge is 0.446 e. The second kappa shape index (κ2) is 6.72. The van der Waals surface area contributed by atoms with Crippen molar-refractivity contribution in [3.63, 3.8) is 0 Å². The summed E-state index contributed by atoms with van der Waals surface area (Å²) in [5.74, 6) is -0.388. The normalized spacial score (nSPS) is 11.8. The summed E-state index contributed by atoms with van der Waals surface area (Å²) in [6.07, 6.45) is 2.77. The van der Waals surface area contributed by atoms with Crippen LogP contribution in [-0.4, -0.2) is 21.6 Å². The number of thioether (sulfide) groups is 1. The van der Waals surface area contributed by atoms with Crippen LogP contribution in [-0.2, 0) is 4.79 Å². The molecule has 0 atom stereocenters. The highest BCUT2D eigenvalue weighted by molar-refractivity contribution is 8.00. The van der Waals surface area contributed by atoms with E-state index in [0.29, 0.717) is 10.7 Å². The van der Waals surface area contributed by atoms with Crippen molar-refractivity contribution in [3.8, 4) is 0 Å². The van der Waals surface area contributed by atoms with E-state index in [9.17, 15) is 18.0 Å².